The first-order valence-electron chi connectivity index (χ1n) is 8.17. The Labute approximate surface area is 148 Å². The van der Waals surface area contributed by atoms with Gasteiger partial charge in [-0.1, -0.05) is 0 Å². The SMILES string of the molecule is CN(C)C(=O)CN1CCCN2C(=O)c3c(O)c(=O)c(C(=O)O)cn3CC12. The zero-order valence-corrected chi connectivity index (χ0v) is 14.5. The number of carboxylic acids is 1. The molecule has 1 saturated heterocycles. The van der Waals surface area contributed by atoms with Crippen molar-refractivity contribution in [3.05, 3.63) is 27.7 Å². The molecule has 0 aromatic carbocycles. The van der Waals surface area contributed by atoms with Gasteiger partial charge in [-0.3, -0.25) is 19.3 Å². The van der Waals surface area contributed by atoms with Gasteiger partial charge in [0.05, 0.1) is 13.1 Å². The first-order chi connectivity index (χ1) is 12.2. The van der Waals surface area contributed by atoms with Crippen molar-refractivity contribution < 1.29 is 24.6 Å². The highest BCUT2D eigenvalue weighted by Crippen LogP contribution is 2.27. The maximum atomic E-state index is 12.8. The summed E-state index contributed by atoms with van der Waals surface area (Å²) in [7, 11) is 3.29. The number of amides is 2. The van der Waals surface area contributed by atoms with Gasteiger partial charge in [0.25, 0.3) is 5.91 Å². The minimum atomic E-state index is -1.47. The molecule has 0 radical (unpaired) electrons. The van der Waals surface area contributed by atoms with E-state index in [2.05, 4.69) is 0 Å². The zero-order chi connectivity index (χ0) is 19.2. The van der Waals surface area contributed by atoms with E-state index in [4.69, 9.17) is 5.11 Å². The minimum Gasteiger partial charge on any atom is -0.503 e. The molecule has 1 unspecified atom stereocenters. The van der Waals surface area contributed by atoms with Crippen molar-refractivity contribution in [2.75, 3.05) is 33.7 Å². The maximum absolute atomic E-state index is 12.8. The number of aromatic nitrogens is 1. The number of carbonyl (C=O) groups excluding carboxylic acids is 2. The number of fused-ring (bicyclic) bond motifs is 2. The van der Waals surface area contributed by atoms with Gasteiger partial charge >= 0.3 is 5.97 Å². The molecule has 2 N–H and O–H groups in total. The molecule has 140 valence electrons. The number of pyridine rings is 1. The molecular formula is C16H20N4O6. The van der Waals surface area contributed by atoms with E-state index < -0.39 is 34.8 Å². The number of carboxylic acid groups (broad SMARTS) is 1. The molecule has 0 bridgehead atoms. The van der Waals surface area contributed by atoms with Gasteiger partial charge in [-0.25, -0.2) is 4.79 Å². The molecule has 1 aromatic rings. The van der Waals surface area contributed by atoms with Gasteiger partial charge < -0.3 is 24.6 Å². The lowest BCUT2D eigenvalue weighted by atomic mass is 10.1. The van der Waals surface area contributed by atoms with Crippen molar-refractivity contribution in [1.29, 1.82) is 0 Å². The molecule has 3 heterocycles. The van der Waals surface area contributed by atoms with Crippen molar-refractivity contribution in [3.63, 3.8) is 0 Å². The van der Waals surface area contributed by atoms with Crippen molar-refractivity contribution in [2.24, 2.45) is 0 Å². The average molecular weight is 364 g/mol. The number of likely N-dealkylation sites (N-methyl/N-ethyl adjacent to an activating group) is 1. The monoisotopic (exact) mass is 364 g/mol. The lowest BCUT2D eigenvalue weighted by Gasteiger charge is -2.47. The predicted octanol–water partition coefficient (Wildman–Crippen LogP) is -1.17. The van der Waals surface area contributed by atoms with Gasteiger partial charge in [-0.2, -0.15) is 0 Å². The van der Waals surface area contributed by atoms with Crippen LogP contribution in [0.4, 0.5) is 0 Å². The molecule has 0 spiro atoms. The summed E-state index contributed by atoms with van der Waals surface area (Å²) in [6.45, 7) is 1.33. The lowest BCUT2D eigenvalue weighted by molar-refractivity contribution is -0.132. The average Bonchev–Trinajstić information content (AvgIpc) is 2.58. The van der Waals surface area contributed by atoms with Crippen LogP contribution in [0.1, 0.15) is 27.3 Å². The third kappa shape index (κ3) is 2.81. The molecule has 10 nitrogen and oxygen atoms in total. The number of rotatable bonds is 3. The summed E-state index contributed by atoms with van der Waals surface area (Å²) in [6.07, 6.45) is 1.28. The third-order valence-corrected chi connectivity index (χ3v) is 4.77. The zero-order valence-electron chi connectivity index (χ0n) is 14.5. The van der Waals surface area contributed by atoms with Crippen LogP contribution in [-0.4, -0.2) is 87.2 Å². The predicted molar refractivity (Wildman–Crippen MR) is 89.0 cm³/mol. The number of carbonyl (C=O) groups is 3. The number of nitrogens with zero attached hydrogens (tertiary/aromatic N) is 4. The normalized spacial score (nSPS) is 19.7. The third-order valence-electron chi connectivity index (χ3n) is 4.77. The summed E-state index contributed by atoms with van der Waals surface area (Å²) < 4.78 is 1.29. The summed E-state index contributed by atoms with van der Waals surface area (Å²) in [5.74, 6) is -2.98. The first-order valence-corrected chi connectivity index (χ1v) is 8.17. The van der Waals surface area contributed by atoms with Crippen LogP contribution in [0.2, 0.25) is 0 Å². The molecule has 1 fully saturated rings. The van der Waals surface area contributed by atoms with Crippen LogP contribution in [0.15, 0.2) is 11.0 Å². The minimum absolute atomic E-state index is 0.112. The van der Waals surface area contributed by atoms with Gasteiger partial charge in [-0.05, 0) is 6.42 Å². The summed E-state index contributed by atoms with van der Waals surface area (Å²) in [5, 5.41) is 19.2. The van der Waals surface area contributed by atoms with Crippen LogP contribution in [-0.2, 0) is 11.3 Å². The van der Waals surface area contributed by atoms with Crippen LogP contribution in [0, 0.1) is 0 Å². The summed E-state index contributed by atoms with van der Waals surface area (Å²) >= 11 is 0. The molecule has 10 heteroatoms. The Kier molecular flexibility index (Phi) is 4.45. The molecule has 0 aliphatic carbocycles. The second kappa shape index (κ2) is 6.45. The van der Waals surface area contributed by atoms with Gasteiger partial charge in [-0.15, -0.1) is 0 Å². The Balaban J connectivity index is 2.02. The van der Waals surface area contributed by atoms with Gasteiger partial charge in [0.1, 0.15) is 11.7 Å². The van der Waals surface area contributed by atoms with Crippen LogP contribution >= 0.6 is 0 Å². The number of aromatic hydroxyl groups is 1. The Morgan fingerprint density at radius 1 is 1.27 bits per heavy atom. The van der Waals surface area contributed by atoms with E-state index in [9.17, 15) is 24.3 Å². The van der Waals surface area contributed by atoms with Crippen molar-refractivity contribution in [1.82, 2.24) is 19.3 Å². The second-order valence-corrected chi connectivity index (χ2v) is 6.62. The molecule has 1 atom stereocenters. The summed E-state index contributed by atoms with van der Waals surface area (Å²) in [4.78, 5) is 52.9. The standard InChI is InChI=1S/C16H20N4O6/c1-17(2)11(21)8-18-4-3-5-20-10(18)7-19-6-9(16(25)26)13(22)14(23)12(19)15(20)24/h6,10,23H,3-5,7-8H2,1-2H3,(H,25,26). The number of aromatic carboxylic acids is 1. The van der Waals surface area contributed by atoms with E-state index in [1.807, 2.05) is 4.90 Å². The molecule has 26 heavy (non-hydrogen) atoms. The molecule has 2 amide bonds. The summed E-state index contributed by atoms with van der Waals surface area (Å²) in [6, 6.07) is 0. The molecule has 0 saturated carbocycles. The fraction of sp³-hybridized carbons (Fsp3) is 0.500. The first kappa shape index (κ1) is 17.9. The Hall–Kier alpha value is -2.88. The molecule has 3 rings (SSSR count). The largest absolute Gasteiger partial charge is 0.503 e. The fourth-order valence-electron chi connectivity index (χ4n) is 3.37. The van der Waals surface area contributed by atoms with E-state index in [-0.39, 0.29) is 24.7 Å². The number of hydrogen-bond donors (Lipinski definition) is 2. The van der Waals surface area contributed by atoms with Crippen molar-refractivity contribution >= 4 is 17.8 Å². The van der Waals surface area contributed by atoms with Crippen LogP contribution in [0.25, 0.3) is 0 Å². The quantitative estimate of drug-likeness (QED) is 0.692. The van der Waals surface area contributed by atoms with Crippen LogP contribution in [0.3, 0.4) is 0 Å². The van der Waals surface area contributed by atoms with Crippen LogP contribution in [0.5, 0.6) is 5.75 Å². The Morgan fingerprint density at radius 2 is 1.96 bits per heavy atom. The number of hydrogen-bond acceptors (Lipinski definition) is 6. The van der Waals surface area contributed by atoms with Crippen molar-refractivity contribution in [2.45, 2.75) is 19.1 Å². The fourth-order valence-corrected chi connectivity index (χ4v) is 3.37. The Morgan fingerprint density at radius 3 is 2.58 bits per heavy atom. The van der Waals surface area contributed by atoms with Crippen LogP contribution < -0.4 is 5.43 Å². The van der Waals surface area contributed by atoms with E-state index in [0.29, 0.717) is 19.5 Å². The van der Waals surface area contributed by atoms with Gasteiger partial charge in [0.15, 0.2) is 11.4 Å². The highest BCUT2D eigenvalue weighted by Gasteiger charge is 2.41. The topological polar surface area (TPSA) is 123 Å². The lowest BCUT2D eigenvalue weighted by Crippen LogP contribution is -2.62. The smallest absolute Gasteiger partial charge is 0.341 e. The Bertz CT molecular complexity index is 846. The van der Waals surface area contributed by atoms with E-state index in [0.717, 1.165) is 6.20 Å². The highest BCUT2D eigenvalue weighted by molar-refractivity contribution is 5.97. The van der Waals surface area contributed by atoms with E-state index in [1.54, 1.807) is 14.1 Å². The molecular weight excluding hydrogens is 344 g/mol. The van der Waals surface area contributed by atoms with Crippen molar-refractivity contribution in [3.8, 4) is 5.75 Å². The second-order valence-electron chi connectivity index (χ2n) is 6.62. The van der Waals surface area contributed by atoms with Gasteiger partial charge in [0, 0.05) is 33.4 Å². The summed E-state index contributed by atoms with van der Waals surface area (Å²) in [5.41, 5.74) is -1.89. The van der Waals surface area contributed by atoms with Gasteiger partial charge in [0.2, 0.25) is 11.3 Å². The van der Waals surface area contributed by atoms with E-state index >= 15 is 0 Å². The maximum Gasteiger partial charge on any atom is 0.341 e. The molecule has 2 aliphatic rings. The van der Waals surface area contributed by atoms with E-state index in [1.165, 1.54) is 14.4 Å². The molecule has 1 aromatic heterocycles. The highest BCUT2D eigenvalue weighted by atomic mass is 16.4. The molecule has 2 aliphatic heterocycles.